The summed E-state index contributed by atoms with van der Waals surface area (Å²) in [4.78, 5) is 23.4. The van der Waals surface area contributed by atoms with Gasteiger partial charge < -0.3 is 4.90 Å². The Bertz CT molecular complexity index is 1150. The third-order valence-corrected chi connectivity index (χ3v) is 7.92. The van der Waals surface area contributed by atoms with E-state index < -0.39 is 0 Å². The molecule has 1 amide bonds. The Morgan fingerprint density at radius 1 is 0.853 bits per heavy atom. The van der Waals surface area contributed by atoms with Crippen LogP contribution in [-0.2, 0) is 5.75 Å². The lowest BCUT2D eigenvalue weighted by atomic mass is 9.96. The number of aromatic nitrogens is 1. The van der Waals surface area contributed by atoms with E-state index >= 15 is 0 Å². The number of carbonyl (C=O) groups is 1. The number of thioether (sulfide) groups is 1. The lowest BCUT2D eigenvalue weighted by Crippen LogP contribution is -2.50. The molecule has 1 fully saturated rings. The summed E-state index contributed by atoms with van der Waals surface area (Å²) < 4.78 is 0. The number of carbonyl (C=O) groups excluding carboxylic acids is 1. The maximum atomic E-state index is 13.5. The van der Waals surface area contributed by atoms with Crippen LogP contribution in [-0.4, -0.2) is 46.9 Å². The van der Waals surface area contributed by atoms with Gasteiger partial charge >= 0.3 is 0 Å². The summed E-state index contributed by atoms with van der Waals surface area (Å²) in [5.41, 5.74) is 6.28. The number of hydrogen-bond acceptors (Lipinski definition) is 5. The first kappa shape index (κ1) is 22.8. The van der Waals surface area contributed by atoms with Crippen LogP contribution in [0, 0.1) is 0 Å². The predicted molar refractivity (Wildman–Crippen MR) is 140 cm³/mol. The molecule has 0 N–H and O–H groups in total. The minimum absolute atomic E-state index is 0.122. The number of benzene rings is 3. The van der Waals surface area contributed by atoms with Gasteiger partial charge in [0.15, 0.2) is 0 Å². The number of amides is 1. The molecule has 6 heteroatoms. The molecule has 1 aromatic heterocycles. The molecule has 0 atom stereocenters. The number of rotatable bonds is 7. The average Bonchev–Trinajstić information content (AvgIpc) is 3.43. The van der Waals surface area contributed by atoms with Crippen LogP contribution in [0.1, 0.15) is 33.2 Å². The topological polar surface area (TPSA) is 36.4 Å². The maximum absolute atomic E-state index is 13.5. The molecule has 4 nitrogen and oxygen atoms in total. The van der Waals surface area contributed by atoms with Crippen LogP contribution < -0.4 is 0 Å². The maximum Gasteiger partial charge on any atom is 0.255 e. The highest BCUT2D eigenvalue weighted by atomic mass is 32.2. The first-order valence-electron chi connectivity index (χ1n) is 11.5. The van der Waals surface area contributed by atoms with Gasteiger partial charge in [0.05, 0.1) is 22.8 Å². The summed E-state index contributed by atoms with van der Waals surface area (Å²) in [6.07, 6.45) is 0. The molecule has 3 aromatic carbocycles. The van der Waals surface area contributed by atoms with Crippen LogP contribution in [0.4, 0.5) is 0 Å². The lowest BCUT2D eigenvalue weighted by Gasteiger charge is -2.40. The van der Waals surface area contributed by atoms with Gasteiger partial charge in [0.1, 0.15) is 0 Å². The zero-order valence-corrected chi connectivity index (χ0v) is 20.5. The summed E-state index contributed by atoms with van der Waals surface area (Å²) in [5.74, 6) is 0.897. The van der Waals surface area contributed by atoms with Gasteiger partial charge in [-0.05, 0) is 23.3 Å². The van der Waals surface area contributed by atoms with Crippen LogP contribution in [0.5, 0.6) is 0 Å². The Morgan fingerprint density at radius 2 is 1.47 bits per heavy atom. The number of piperazine rings is 1. The molecule has 0 aliphatic carbocycles. The second-order valence-corrected chi connectivity index (χ2v) is 10.1. The number of hydrogen-bond donors (Lipinski definition) is 0. The van der Waals surface area contributed by atoms with Crippen molar-refractivity contribution >= 4 is 29.0 Å². The Morgan fingerprint density at radius 3 is 2.09 bits per heavy atom. The van der Waals surface area contributed by atoms with E-state index in [2.05, 4.69) is 75.9 Å². The Labute approximate surface area is 209 Å². The molecule has 1 saturated heterocycles. The molecule has 0 saturated carbocycles. The molecule has 1 aliphatic rings. The number of nitrogens with zero attached hydrogens (tertiary/aromatic N) is 3. The van der Waals surface area contributed by atoms with E-state index in [1.165, 1.54) is 11.1 Å². The standard InChI is InChI=1S/C28H27N3OS2/c32-28(25-13-7-8-14-26(25)34-20-24-19-33-21-29-24)31-17-15-30(16-18-31)27(22-9-3-1-4-10-22)23-11-5-2-6-12-23/h1-14,19,21,27H,15-18,20H2. The fourth-order valence-electron chi connectivity index (χ4n) is 4.47. The third kappa shape index (κ3) is 5.25. The largest absolute Gasteiger partial charge is 0.336 e. The molecule has 34 heavy (non-hydrogen) atoms. The van der Waals surface area contributed by atoms with E-state index in [1.54, 1.807) is 23.1 Å². The minimum atomic E-state index is 0.122. The van der Waals surface area contributed by atoms with E-state index in [0.717, 1.165) is 48.1 Å². The molecule has 0 bridgehead atoms. The first-order valence-corrected chi connectivity index (χ1v) is 13.4. The summed E-state index contributed by atoms with van der Waals surface area (Å²) in [7, 11) is 0. The zero-order valence-electron chi connectivity index (χ0n) is 18.9. The van der Waals surface area contributed by atoms with Crippen molar-refractivity contribution in [2.45, 2.75) is 16.7 Å². The van der Waals surface area contributed by atoms with E-state index in [1.807, 2.05) is 34.7 Å². The SMILES string of the molecule is O=C(c1ccccc1SCc1cscn1)N1CCN(C(c2ccccc2)c2ccccc2)CC1. The molecule has 4 aromatic rings. The Balaban J connectivity index is 1.29. The molecule has 2 heterocycles. The molecule has 172 valence electrons. The molecule has 5 rings (SSSR count). The zero-order chi connectivity index (χ0) is 23.2. The summed E-state index contributed by atoms with van der Waals surface area (Å²) in [5, 5.41) is 2.06. The quantitative estimate of drug-likeness (QED) is 0.302. The van der Waals surface area contributed by atoms with Crippen LogP contribution in [0.3, 0.4) is 0 Å². The molecular weight excluding hydrogens is 458 g/mol. The highest BCUT2D eigenvalue weighted by molar-refractivity contribution is 7.98. The van der Waals surface area contributed by atoms with Crippen LogP contribution in [0.25, 0.3) is 0 Å². The second-order valence-electron chi connectivity index (χ2n) is 8.32. The fourth-order valence-corrected chi connectivity index (χ4v) is 6.08. The van der Waals surface area contributed by atoms with Crippen molar-refractivity contribution in [3.05, 3.63) is 118 Å². The fraction of sp³-hybridized carbons (Fsp3) is 0.214. The number of thiazole rings is 1. The van der Waals surface area contributed by atoms with Gasteiger partial charge in [-0.25, -0.2) is 4.98 Å². The smallest absolute Gasteiger partial charge is 0.255 e. The van der Waals surface area contributed by atoms with Crippen molar-refractivity contribution in [1.29, 1.82) is 0 Å². The third-order valence-electron chi connectivity index (χ3n) is 6.17. The Kier molecular flexibility index (Phi) is 7.39. The molecule has 0 spiro atoms. The van der Waals surface area contributed by atoms with E-state index in [9.17, 15) is 4.79 Å². The first-order chi connectivity index (χ1) is 16.8. The molecule has 1 aliphatic heterocycles. The van der Waals surface area contributed by atoms with Crippen molar-refractivity contribution in [3.63, 3.8) is 0 Å². The van der Waals surface area contributed by atoms with Gasteiger partial charge in [0.2, 0.25) is 0 Å². The van der Waals surface area contributed by atoms with Crippen LogP contribution >= 0.6 is 23.1 Å². The summed E-state index contributed by atoms with van der Waals surface area (Å²) in [6.45, 7) is 3.13. The van der Waals surface area contributed by atoms with Crippen molar-refractivity contribution < 1.29 is 4.79 Å². The van der Waals surface area contributed by atoms with Crippen molar-refractivity contribution in [3.8, 4) is 0 Å². The van der Waals surface area contributed by atoms with Gasteiger partial charge in [-0.3, -0.25) is 9.69 Å². The Hall–Kier alpha value is -2.93. The molecule has 0 unspecified atom stereocenters. The summed E-state index contributed by atoms with van der Waals surface area (Å²) >= 11 is 3.29. The van der Waals surface area contributed by atoms with Gasteiger partial charge in [-0.2, -0.15) is 0 Å². The van der Waals surface area contributed by atoms with E-state index in [0.29, 0.717) is 0 Å². The minimum Gasteiger partial charge on any atom is -0.336 e. The van der Waals surface area contributed by atoms with Gasteiger partial charge in [-0.15, -0.1) is 23.1 Å². The van der Waals surface area contributed by atoms with Gasteiger partial charge in [0.25, 0.3) is 5.91 Å². The lowest BCUT2D eigenvalue weighted by molar-refractivity contribution is 0.0594. The second kappa shape index (κ2) is 11.0. The molecular formula is C28H27N3OS2. The highest BCUT2D eigenvalue weighted by Gasteiger charge is 2.29. The van der Waals surface area contributed by atoms with Gasteiger partial charge in [-0.1, -0.05) is 72.8 Å². The van der Waals surface area contributed by atoms with E-state index in [4.69, 9.17) is 0 Å². The highest BCUT2D eigenvalue weighted by Crippen LogP contribution is 2.31. The molecule has 0 radical (unpaired) electrons. The van der Waals surface area contributed by atoms with Crippen molar-refractivity contribution in [1.82, 2.24) is 14.8 Å². The van der Waals surface area contributed by atoms with Crippen molar-refractivity contribution in [2.75, 3.05) is 26.2 Å². The van der Waals surface area contributed by atoms with Crippen LogP contribution in [0.2, 0.25) is 0 Å². The predicted octanol–water partition coefficient (Wildman–Crippen LogP) is 5.98. The normalized spacial score (nSPS) is 14.4. The van der Waals surface area contributed by atoms with E-state index in [-0.39, 0.29) is 11.9 Å². The monoisotopic (exact) mass is 485 g/mol. The average molecular weight is 486 g/mol. The van der Waals surface area contributed by atoms with Gasteiger partial charge in [0, 0.05) is 42.2 Å². The summed E-state index contributed by atoms with van der Waals surface area (Å²) in [6, 6.07) is 29.5. The van der Waals surface area contributed by atoms with Crippen LogP contribution in [0.15, 0.2) is 101 Å². The van der Waals surface area contributed by atoms with Crippen molar-refractivity contribution in [2.24, 2.45) is 0 Å².